The standard InChI is InChI=1S/C25H24N2O6S2/c1-5-31-18-12-16(9-10-17(18)33-15(4)28)13-20-23(29)27-22(19-8-7-11-34-19)21(24(30)32-6-2)14(3)26-25(27)35-20/h7-13,22H,5-6H2,1-4H3/b20-13-. The summed E-state index contributed by atoms with van der Waals surface area (Å²) in [4.78, 5) is 43.7. The predicted octanol–water partition coefficient (Wildman–Crippen LogP) is 3.18. The van der Waals surface area contributed by atoms with Gasteiger partial charge in [0.05, 0.1) is 29.0 Å². The molecule has 0 saturated carbocycles. The van der Waals surface area contributed by atoms with Crippen molar-refractivity contribution in [1.82, 2.24) is 4.57 Å². The second kappa shape index (κ2) is 10.4. The van der Waals surface area contributed by atoms with Crippen LogP contribution in [0.25, 0.3) is 6.08 Å². The fourth-order valence-corrected chi connectivity index (χ4v) is 5.65. The van der Waals surface area contributed by atoms with Crippen molar-refractivity contribution < 1.29 is 23.8 Å². The molecule has 10 heteroatoms. The van der Waals surface area contributed by atoms with Crippen molar-refractivity contribution >= 4 is 40.7 Å². The molecular weight excluding hydrogens is 488 g/mol. The number of carbonyl (C=O) groups is 2. The second-order valence-corrected chi connectivity index (χ2v) is 9.54. The molecule has 8 nitrogen and oxygen atoms in total. The number of aromatic nitrogens is 1. The Morgan fingerprint density at radius 3 is 2.63 bits per heavy atom. The van der Waals surface area contributed by atoms with Crippen LogP contribution in [-0.2, 0) is 14.3 Å². The first-order valence-electron chi connectivity index (χ1n) is 11.0. The van der Waals surface area contributed by atoms with Gasteiger partial charge >= 0.3 is 11.9 Å². The van der Waals surface area contributed by atoms with Crippen LogP contribution in [0.2, 0.25) is 0 Å². The van der Waals surface area contributed by atoms with Gasteiger partial charge in [0, 0.05) is 11.8 Å². The third kappa shape index (κ3) is 4.98. The van der Waals surface area contributed by atoms with E-state index in [2.05, 4.69) is 4.99 Å². The number of carbonyl (C=O) groups excluding carboxylic acids is 2. The smallest absolute Gasteiger partial charge is 0.338 e. The molecule has 0 amide bonds. The highest BCUT2D eigenvalue weighted by molar-refractivity contribution is 7.10. The lowest BCUT2D eigenvalue weighted by Gasteiger charge is -2.23. The van der Waals surface area contributed by atoms with Gasteiger partial charge in [0.15, 0.2) is 16.3 Å². The molecule has 0 aliphatic carbocycles. The summed E-state index contributed by atoms with van der Waals surface area (Å²) >= 11 is 2.71. The Hall–Kier alpha value is -3.50. The predicted molar refractivity (Wildman–Crippen MR) is 134 cm³/mol. The monoisotopic (exact) mass is 512 g/mol. The van der Waals surface area contributed by atoms with Crippen LogP contribution in [0.3, 0.4) is 0 Å². The van der Waals surface area contributed by atoms with Crippen LogP contribution in [-0.4, -0.2) is 29.7 Å². The van der Waals surface area contributed by atoms with Crippen molar-refractivity contribution in [3.63, 3.8) is 0 Å². The summed E-state index contributed by atoms with van der Waals surface area (Å²) in [6, 6.07) is 8.25. The molecule has 0 bridgehead atoms. The molecule has 0 saturated heterocycles. The zero-order chi connectivity index (χ0) is 25.1. The van der Waals surface area contributed by atoms with Gasteiger partial charge in [-0.05, 0) is 56.0 Å². The number of rotatable bonds is 7. The van der Waals surface area contributed by atoms with E-state index in [1.165, 1.54) is 29.6 Å². The Kier molecular flexibility index (Phi) is 7.32. The number of fused-ring (bicyclic) bond motifs is 1. The summed E-state index contributed by atoms with van der Waals surface area (Å²) in [5, 5.41) is 1.91. The van der Waals surface area contributed by atoms with E-state index in [9.17, 15) is 14.4 Å². The van der Waals surface area contributed by atoms with E-state index in [1.807, 2.05) is 24.4 Å². The van der Waals surface area contributed by atoms with Crippen LogP contribution in [0, 0.1) is 0 Å². The Morgan fingerprint density at radius 1 is 1.17 bits per heavy atom. The van der Waals surface area contributed by atoms with Crippen LogP contribution in [0.15, 0.2) is 56.8 Å². The zero-order valence-corrected chi connectivity index (χ0v) is 21.3. The molecule has 0 fully saturated rings. The number of hydrogen-bond acceptors (Lipinski definition) is 9. The topological polar surface area (TPSA) is 96.2 Å². The Balaban J connectivity index is 1.86. The average molecular weight is 513 g/mol. The molecule has 1 aliphatic heterocycles. The van der Waals surface area contributed by atoms with Gasteiger partial charge in [0.25, 0.3) is 5.56 Å². The lowest BCUT2D eigenvalue weighted by Crippen LogP contribution is -2.39. The largest absolute Gasteiger partial charge is 0.490 e. The van der Waals surface area contributed by atoms with Gasteiger partial charge in [-0.1, -0.05) is 23.5 Å². The van der Waals surface area contributed by atoms with E-state index < -0.39 is 18.0 Å². The number of allylic oxidation sites excluding steroid dienone is 1. The highest BCUT2D eigenvalue weighted by atomic mass is 32.1. The maximum Gasteiger partial charge on any atom is 0.338 e. The normalized spacial score (nSPS) is 15.4. The van der Waals surface area contributed by atoms with E-state index in [4.69, 9.17) is 14.2 Å². The Bertz CT molecular complexity index is 1480. The number of hydrogen-bond donors (Lipinski definition) is 0. The molecule has 1 atom stereocenters. The summed E-state index contributed by atoms with van der Waals surface area (Å²) in [7, 11) is 0. The van der Waals surface area contributed by atoms with Gasteiger partial charge in [-0.2, -0.15) is 0 Å². The molecule has 0 N–H and O–H groups in total. The molecule has 2 aromatic heterocycles. The molecule has 1 aliphatic rings. The van der Waals surface area contributed by atoms with Crippen LogP contribution >= 0.6 is 22.7 Å². The second-order valence-electron chi connectivity index (χ2n) is 7.55. The maximum atomic E-state index is 13.6. The summed E-state index contributed by atoms with van der Waals surface area (Å²) in [6.45, 7) is 7.26. The number of thiophene rings is 1. The number of benzene rings is 1. The fourth-order valence-electron chi connectivity index (χ4n) is 3.78. The van der Waals surface area contributed by atoms with E-state index in [0.717, 1.165) is 4.88 Å². The minimum atomic E-state index is -0.613. The minimum Gasteiger partial charge on any atom is -0.490 e. The maximum absolute atomic E-state index is 13.6. The van der Waals surface area contributed by atoms with Crippen LogP contribution < -0.4 is 24.4 Å². The van der Waals surface area contributed by atoms with Crippen molar-refractivity contribution in [2.75, 3.05) is 13.2 Å². The highest BCUT2D eigenvalue weighted by Gasteiger charge is 2.33. The van der Waals surface area contributed by atoms with Gasteiger partial charge in [-0.3, -0.25) is 14.2 Å². The summed E-state index contributed by atoms with van der Waals surface area (Å²) in [5.74, 6) is -0.219. The number of thiazole rings is 1. The number of ether oxygens (including phenoxy) is 3. The van der Waals surface area contributed by atoms with Gasteiger partial charge in [-0.25, -0.2) is 9.79 Å². The first-order valence-corrected chi connectivity index (χ1v) is 12.7. The molecule has 182 valence electrons. The van der Waals surface area contributed by atoms with Gasteiger partial charge in [0.1, 0.15) is 6.04 Å². The van der Waals surface area contributed by atoms with Crippen LogP contribution in [0.4, 0.5) is 0 Å². The van der Waals surface area contributed by atoms with E-state index in [-0.39, 0.29) is 12.2 Å². The molecule has 1 unspecified atom stereocenters. The molecule has 35 heavy (non-hydrogen) atoms. The van der Waals surface area contributed by atoms with E-state index in [0.29, 0.717) is 44.3 Å². The van der Waals surface area contributed by atoms with Crippen molar-refractivity contribution in [3.8, 4) is 11.5 Å². The van der Waals surface area contributed by atoms with E-state index in [1.54, 1.807) is 42.7 Å². The van der Waals surface area contributed by atoms with Gasteiger partial charge in [0.2, 0.25) is 0 Å². The van der Waals surface area contributed by atoms with Crippen molar-refractivity contribution in [1.29, 1.82) is 0 Å². The summed E-state index contributed by atoms with van der Waals surface area (Å²) < 4.78 is 18.1. The molecule has 3 heterocycles. The van der Waals surface area contributed by atoms with Crippen molar-refractivity contribution in [2.45, 2.75) is 33.7 Å². The SMILES string of the molecule is CCOC(=O)C1=C(C)N=c2s/c(=C\c3ccc(OC(C)=O)c(OCC)c3)c(=O)n2C1c1cccs1. The molecular formula is C25H24N2O6S2. The number of nitrogens with zero attached hydrogens (tertiary/aromatic N) is 2. The lowest BCUT2D eigenvalue weighted by molar-refractivity contribution is -0.139. The van der Waals surface area contributed by atoms with Crippen LogP contribution in [0.5, 0.6) is 11.5 Å². The molecule has 0 radical (unpaired) electrons. The molecule has 4 rings (SSSR count). The Labute approximate surface area is 209 Å². The summed E-state index contributed by atoms with van der Waals surface area (Å²) in [6.07, 6.45) is 1.73. The van der Waals surface area contributed by atoms with E-state index >= 15 is 0 Å². The molecule has 0 spiro atoms. The third-order valence-electron chi connectivity index (χ3n) is 5.15. The summed E-state index contributed by atoms with van der Waals surface area (Å²) in [5.41, 5.74) is 1.32. The highest BCUT2D eigenvalue weighted by Crippen LogP contribution is 2.33. The van der Waals surface area contributed by atoms with Crippen molar-refractivity contribution in [2.24, 2.45) is 4.99 Å². The molecule has 1 aromatic carbocycles. The van der Waals surface area contributed by atoms with Gasteiger partial charge in [-0.15, -0.1) is 11.3 Å². The number of esters is 2. The third-order valence-corrected chi connectivity index (χ3v) is 7.06. The first kappa shape index (κ1) is 24.6. The van der Waals surface area contributed by atoms with Crippen LogP contribution in [0.1, 0.15) is 44.2 Å². The molecule has 3 aromatic rings. The first-order chi connectivity index (χ1) is 16.8. The lowest BCUT2D eigenvalue weighted by atomic mass is 10.0. The fraction of sp³-hybridized carbons (Fsp3) is 0.280. The average Bonchev–Trinajstić information content (AvgIpc) is 3.43. The minimum absolute atomic E-state index is 0.225. The van der Waals surface area contributed by atoms with Gasteiger partial charge < -0.3 is 14.2 Å². The Morgan fingerprint density at radius 2 is 1.97 bits per heavy atom. The quantitative estimate of drug-likeness (QED) is 0.356. The van der Waals surface area contributed by atoms with Crippen molar-refractivity contribution in [3.05, 3.63) is 77.1 Å². The zero-order valence-electron chi connectivity index (χ0n) is 19.7.